The second kappa shape index (κ2) is 5.89. The van der Waals surface area contributed by atoms with Crippen molar-refractivity contribution in [3.8, 4) is 5.75 Å². The van der Waals surface area contributed by atoms with Crippen LogP contribution in [0.1, 0.15) is 22.8 Å². The Kier molecular flexibility index (Phi) is 3.94. The lowest BCUT2D eigenvalue weighted by molar-refractivity contribution is 0.104. The van der Waals surface area contributed by atoms with E-state index in [2.05, 4.69) is 30.4 Å². The van der Waals surface area contributed by atoms with E-state index in [1.165, 1.54) is 17.3 Å². The molecule has 3 rings (SSSR count). The molecular formula is C18H17NO2S. The molecule has 0 unspecified atom stereocenters. The lowest BCUT2D eigenvalue weighted by Gasteiger charge is -2.22. The minimum atomic E-state index is 0.0322. The minimum Gasteiger partial charge on any atom is -0.497 e. The number of allylic oxidation sites excluding steroid dienone is 2. The first-order valence-corrected chi connectivity index (χ1v) is 7.85. The Morgan fingerprint density at radius 3 is 2.50 bits per heavy atom. The van der Waals surface area contributed by atoms with Crippen molar-refractivity contribution in [2.45, 2.75) is 18.7 Å². The summed E-state index contributed by atoms with van der Waals surface area (Å²) in [4.78, 5) is 14.6. The SMILES string of the molecule is COc1ccc(C(=O)C2=C(C)Nc3ccc(C)cc3S2)cc1. The number of carbonyl (C=O) groups excluding carboxylic acids is 1. The number of fused-ring (bicyclic) bond motifs is 1. The summed E-state index contributed by atoms with van der Waals surface area (Å²) >= 11 is 1.53. The van der Waals surface area contributed by atoms with Crippen molar-refractivity contribution in [1.82, 2.24) is 0 Å². The topological polar surface area (TPSA) is 38.3 Å². The number of aryl methyl sites for hydroxylation is 1. The molecule has 0 spiro atoms. The van der Waals surface area contributed by atoms with Crippen molar-refractivity contribution in [1.29, 1.82) is 0 Å². The third kappa shape index (κ3) is 2.74. The van der Waals surface area contributed by atoms with Gasteiger partial charge >= 0.3 is 0 Å². The number of methoxy groups -OCH3 is 1. The largest absolute Gasteiger partial charge is 0.497 e. The van der Waals surface area contributed by atoms with E-state index in [0.29, 0.717) is 5.56 Å². The molecular weight excluding hydrogens is 294 g/mol. The third-order valence-electron chi connectivity index (χ3n) is 3.57. The Labute approximate surface area is 134 Å². The van der Waals surface area contributed by atoms with Crippen molar-refractivity contribution in [3.05, 3.63) is 64.2 Å². The highest BCUT2D eigenvalue weighted by Gasteiger charge is 2.22. The fourth-order valence-electron chi connectivity index (χ4n) is 2.35. The number of benzene rings is 2. The average molecular weight is 311 g/mol. The minimum absolute atomic E-state index is 0.0322. The van der Waals surface area contributed by atoms with Gasteiger partial charge in [-0.1, -0.05) is 17.8 Å². The summed E-state index contributed by atoms with van der Waals surface area (Å²) in [5.74, 6) is 0.780. The van der Waals surface area contributed by atoms with Crippen molar-refractivity contribution >= 4 is 23.2 Å². The number of hydrogen-bond donors (Lipinski definition) is 1. The van der Waals surface area contributed by atoms with Gasteiger partial charge in [0, 0.05) is 16.2 Å². The Balaban J connectivity index is 1.91. The highest BCUT2D eigenvalue weighted by molar-refractivity contribution is 8.04. The molecule has 0 aromatic heterocycles. The molecule has 0 bridgehead atoms. The molecule has 1 N–H and O–H groups in total. The van der Waals surface area contributed by atoms with Crippen LogP contribution in [0.25, 0.3) is 0 Å². The van der Waals surface area contributed by atoms with E-state index in [4.69, 9.17) is 4.74 Å². The maximum Gasteiger partial charge on any atom is 0.201 e. The summed E-state index contributed by atoms with van der Waals surface area (Å²) in [5.41, 5.74) is 3.80. The summed E-state index contributed by atoms with van der Waals surface area (Å²) in [7, 11) is 1.61. The van der Waals surface area contributed by atoms with Gasteiger partial charge < -0.3 is 10.1 Å². The molecule has 4 heteroatoms. The van der Waals surface area contributed by atoms with Crippen LogP contribution >= 0.6 is 11.8 Å². The summed E-state index contributed by atoms with van der Waals surface area (Å²) in [6.07, 6.45) is 0. The molecule has 1 aliphatic rings. The molecule has 0 fully saturated rings. The van der Waals surface area contributed by atoms with Gasteiger partial charge in [0.15, 0.2) is 0 Å². The first kappa shape index (κ1) is 14.7. The quantitative estimate of drug-likeness (QED) is 0.838. The number of Topliss-reactive ketones (excluding diaryl/α,β-unsaturated/α-hetero) is 1. The van der Waals surface area contributed by atoms with Crippen LogP contribution in [0.2, 0.25) is 0 Å². The fourth-order valence-corrected chi connectivity index (χ4v) is 3.46. The molecule has 3 nitrogen and oxygen atoms in total. The zero-order valence-electron chi connectivity index (χ0n) is 12.8. The van der Waals surface area contributed by atoms with E-state index < -0.39 is 0 Å². The summed E-state index contributed by atoms with van der Waals surface area (Å²) < 4.78 is 5.13. The molecule has 2 aromatic carbocycles. The number of rotatable bonds is 3. The van der Waals surface area contributed by atoms with Gasteiger partial charge in [0.1, 0.15) is 5.75 Å². The molecule has 1 aliphatic heterocycles. The fraction of sp³-hybridized carbons (Fsp3) is 0.167. The lowest BCUT2D eigenvalue weighted by Crippen LogP contribution is -2.12. The van der Waals surface area contributed by atoms with E-state index in [9.17, 15) is 4.79 Å². The highest BCUT2D eigenvalue weighted by Crippen LogP contribution is 2.41. The van der Waals surface area contributed by atoms with Gasteiger partial charge in [0.25, 0.3) is 0 Å². The Bertz CT molecular complexity index is 763. The Morgan fingerprint density at radius 1 is 1.09 bits per heavy atom. The number of ketones is 1. The predicted octanol–water partition coefficient (Wildman–Crippen LogP) is 4.64. The van der Waals surface area contributed by atoms with Crippen LogP contribution in [0.4, 0.5) is 5.69 Å². The first-order chi connectivity index (χ1) is 10.6. The van der Waals surface area contributed by atoms with Crippen molar-refractivity contribution in [2.75, 3.05) is 12.4 Å². The smallest absolute Gasteiger partial charge is 0.201 e. The zero-order valence-corrected chi connectivity index (χ0v) is 13.6. The molecule has 2 aromatic rings. The lowest BCUT2D eigenvalue weighted by atomic mass is 10.1. The molecule has 0 atom stereocenters. The Hall–Kier alpha value is -2.20. The Morgan fingerprint density at radius 2 is 1.82 bits per heavy atom. The molecule has 0 amide bonds. The van der Waals surface area contributed by atoms with E-state index >= 15 is 0 Å². The maximum absolute atomic E-state index is 12.7. The van der Waals surface area contributed by atoms with E-state index in [1.807, 2.05) is 19.1 Å². The first-order valence-electron chi connectivity index (χ1n) is 7.03. The molecule has 0 aliphatic carbocycles. The number of hydrogen-bond acceptors (Lipinski definition) is 4. The number of anilines is 1. The second-order valence-electron chi connectivity index (χ2n) is 5.24. The van der Waals surface area contributed by atoms with Crippen LogP contribution in [0.15, 0.2) is 58.0 Å². The van der Waals surface area contributed by atoms with Crippen LogP contribution in [0.3, 0.4) is 0 Å². The van der Waals surface area contributed by atoms with Crippen LogP contribution in [-0.2, 0) is 0 Å². The summed E-state index contributed by atoms with van der Waals surface area (Å²) in [5, 5.41) is 3.32. The number of nitrogens with one attached hydrogen (secondary N) is 1. The van der Waals surface area contributed by atoms with Gasteiger partial charge in [0.05, 0.1) is 17.7 Å². The van der Waals surface area contributed by atoms with E-state index in [0.717, 1.165) is 26.9 Å². The molecule has 1 heterocycles. The number of thioether (sulfide) groups is 1. The van der Waals surface area contributed by atoms with E-state index in [1.54, 1.807) is 19.2 Å². The van der Waals surface area contributed by atoms with Gasteiger partial charge in [-0.2, -0.15) is 0 Å². The second-order valence-corrected chi connectivity index (χ2v) is 6.29. The molecule has 0 saturated carbocycles. The highest BCUT2D eigenvalue weighted by atomic mass is 32.2. The van der Waals surface area contributed by atoms with Gasteiger partial charge in [-0.25, -0.2) is 0 Å². The monoisotopic (exact) mass is 311 g/mol. The van der Waals surface area contributed by atoms with Gasteiger partial charge in [-0.05, 0) is 55.8 Å². The van der Waals surface area contributed by atoms with Gasteiger partial charge in [-0.15, -0.1) is 0 Å². The summed E-state index contributed by atoms with van der Waals surface area (Å²) in [6.45, 7) is 3.99. The van der Waals surface area contributed by atoms with Gasteiger partial charge in [0.2, 0.25) is 5.78 Å². The van der Waals surface area contributed by atoms with Crippen LogP contribution in [0, 0.1) is 6.92 Å². The number of ether oxygens (including phenoxy) is 1. The molecule has 22 heavy (non-hydrogen) atoms. The maximum atomic E-state index is 12.7. The third-order valence-corrected chi connectivity index (χ3v) is 4.82. The number of carbonyl (C=O) groups is 1. The zero-order chi connectivity index (χ0) is 15.7. The normalized spacial score (nSPS) is 13.4. The van der Waals surface area contributed by atoms with E-state index in [-0.39, 0.29) is 5.78 Å². The molecule has 0 saturated heterocycles. The average Bonchev–Trinajstić information content (AvgIpc) is 2.54. The van der Waals surface area contributed by atoms with Crippen molar-refractivity contribution in [3.63, 3.8) is 0 Å². The molecule has 0 radical (unpaired) electrons. The van der Waals surface area contributed by atoms with Crippen molar-refractivity contribution < 1.29 is 9.53 Å². The van der Waals surface area contributed by atoms with Crippen molar-refractivity contribution in [2.24, 2.45) is 0 Å². The van der Waals surface area contributed by atoms with Crippen LogP contribution in [-0.4, -0.2) is 12.9 Å². The predicted molar refractivity (Wildman–Crippen MR) is 90.7 cm³/mol. The standard InChI is InChI=1S/C18H17NO2S/c1-11-4-9-15-16(10-11)22-18(12(2)19-15)17(20)13-5-7-14(21-3)8-6-13/h4-10,19H,1-3H3. The summed E-state index contributed by atoms with van der Waals surface area (Å²) in [6, 6.07) is 13.4. The van der Waals surface area contributed by atoms with Crippen LogP contribution < -0.4 is 10.1 Å². The molecule has 112 valence electrons. The van der Waals surface area contributed by atoms with Gasteiger partial charge in [-0.3, -0.25) is 4.79 Å². The van der Waals surface area contributed by atoms with Crippen LogP contribution in [0.5, 0.6) is 5.75 Å².